The molecule has 0 saturated heterocycles. The number of hydrogen-bond acceptors (Lipinski definition) is 3. The van der Waals surface area contributed by atoms with Crippen molar-refractivity contribution in [2.24, 2.45) is 5.92 Å². The number of hydrogen-bond donors (Lipinski definition) is 1. The van der Waals surface area contributed by atoms with E-state index in [0.29, 0.717) is 19.5 Å². The van der Waals surface area contributed by atoms with Crippen molar-refractivity contribution >= 4 is 11.7 Å². The Bertz CT molecular complexity index is 893. The Hall–Kier alpha value is -2.43. The van der Waals surface area contributed by atoms with E-state index >= 15 is 0 Å². The Kier molecular flexibility index (Phi) is 4.17. The van der Waals surface area contributed by atoms with Gasteiger partial charge in [-0.05, 0) is 67.0 Å². The van der Waals surface area contributed by atoms with Crippen molar-refractivity contribution < 1.29 is 9.18 Å². The molecular formula is C21H24FN3O. The quantitative estimate of drug-likeness (QED) is 0.918. The highest BCUT2D eigenvalue weighted by atomic mass is 19.1. The van der Waals surface area contributed by atoms with E-state index in [-0.39, 0.29) is 17.6 Å². The van der Waals surface area contributed by atoms with Crippen molar-refractivity contribution in [2.75, 3.05) is 12.4 Å². The number of fused-ring (bicyclic) bond motifs is 2. The van der Waals surface area contributed by atoms with Gasteiger partial charge in [-0.1, -0.05) is 6.07 Å². The number of aromatic nitrogens is 1. The number of halogens is 1. The van der Waals surface area contributed by atoms with Gasteiger partial charge in [-0.15, -0.1) is 0 Å². The molecule has 1 unspecified atom stereocenters. The Morgan fingerprint density at radius 3 is 2.73 bits per heavy atom. The van der Waals surface area contributed by atoms with Gasteiger partial charge in [0.15, 0.2) is 0 Å². The first-order valence-electron chi connectivity index (χ1n) is 9.18. The van der Waals surface area contributed by atoms with Crippen LogP contribution in [0.25, 0.3) is 0 Å². The molecule has 1 aromatic heterocycles. The molecule has 4 rings (SSSR count). The van der Waals surface area contributed by atoms with Gasteiger partial charge in [0.2, 0.25) is 5.91 Å². The number of nitrogens with zero attached hydrogens (tertiary/aromatic N) is 2. The van der Waals surface area contributed by atoms with Gasteiger partial charge in [-0.25, -0.2) is 9.37 Å². The molecule has 5 heteroatoms. The van der Waals surface area contributed by atoms with Crippen LogP contribution >= 0.6 is 0 Å². The van der Waals surface area contributed by atoms with Crippen LogP contribution < -0.4 is 5.32 Å². The van der Waals surface area contributed by atoms with E-state index < -0.39 is 0 Å². The van der Waals surface area contributed by atoms with Crippen LogP contribution in [-0.2, 0) is 30.7 Å². The van der Waals surface area contributed by atoms with Crippen molar-refractivity contribution in [3.05, 3.63) is 57.5 Å². The number of anilines is 1. The van der Waals surface area contributed by atoms with E-state index in [1.807, 2.05) is 24.9 Å². The van der Waals surface area contributed by atoms with Crippen LogP contribution in [0.2, 0.25) is 0 Å². The number of nitrogens with one attached hydrogen (secondary N) is 1. The minimum Gasteiger partial charge on any atom is -0.373 e. The Morgan fingerprint density at radius 1 is 1.23 bits per heavy atom. The van der Waals surface area contributed by atoms with Gasteiger partial charge in [0, 0.05) is 37.8 Å². The number of carbonyl (C=O) groups excluding carboxylic acids is 1. The van der Waals surface area contributed by atoms with Gasteiger partial charge in [0.25, 0.3) is 0 Å². The average Bonchev–Trinajstić information content (AvgIpc) is 3.21. The third-order valence-corrected chi connectivity index (χ3v) is 5.86. The summed E-state index contributed by atoms with van der Waals surface area (Å²) in [5, 5.41) is 3.16. The fraction of sp³-hybridized carbons (Fsp3) is 0.429. The highest BCUT2D eigenvalue weighted by Gasteiger charge is 2.31. The van der Waals surface area contributed by atoms with E-state index in [9.17, 15) is 9.18 Å². The van der Waals surface area contributed by atoms with E-state index in [4.69, 9.17) is 0 Å². The van der Waals surface area contributed by atoms with Gasteiger partial charge >= 0.3 is 0 Å². The topological polar surface area (TPSA) is 45.2 Å². The van der Waals surface area contributed by atoms with E-state index in [2.05, 4.69) is 17.2 Å². The summed E-state index contributed by atoms with van der Waals surface area (Å²) in [5.74, 6) is 1.14. The molecule has 1 aliphatic carbocycles. The summed E-state index contributed by atoms with van der Waals surface area (Å²) in [6, 6.07) is 4.98. The number of benzene rings is 1. The minimum absolute atomic E-state index is 0.179. The second kappa shape index (κ2) is 6.38. The largest absolute Gasteiger partial charge is 0.373 e. The smallest absolute Gasteiger partial charge is 0.223 e. The minimum atomic E-state index is -0.191. The summed E-state index contributed by atoms with van der Waals surface area (Å²) in [7, 11) is 1.87. The van der Waals surface area contributed by atoms with Gasteiger partial charge < -0.3 is 10.2 Å². The lowest BCUT2D eigenvalue weighted by Gasteiger charge is -2.18. The Labute approximate surface area is 153 Å². The fourth-order valence-electron chi connectivity index (χ4n) is 4.31. The van der Waals surface area contributed by atoms with E-state index in [1.165, 1.54) is 22.8 Å². The molecule has 0 bridgehead atoms. The average molecular weight is 353 g/mol. The van der Waals surface area contributed by atoms with Crippen molar-refractivity contribution in [1.29, 1.82) is 0 Å². The van der Waals surface area contributed by atoms with Crippen LogP contribution in [0.3, 0.4) is 0 Å². The molecule has 1 aromatic carbocycles. The van der Waals surface area contributed by atoms with Crippen molar-refractivity contribution in [1.82, 2.24) is 9.88 Å². The normalized spacial score (nSPS) is 18.0. The van der Waals surface area contributed by atoms with Crippen LogP contribution in [0.1, 0.15) is 39.9 Å². The molecule has 1 atom stereocenters. The summed E-state index contributed by atoms with van der Waals surface area (Å²) in [4.78, 5) is 19.4. The van der Waals surface area contributed by atoms with Gasteiger partial charge in [-0.2, -0.15) is 0 Å². The summed E-state index contributed by atoms with van der Waals surface area (Å²) >= 11 is 0. The predicted octanol–water partition coefficient (Wildman–Crippen LogP) is 3.53. The van der Waals surface area contributed by atoms with Crippen LogP contribution in [-0.4, -0.2) is 22.8 Å². The lowest BCUT2D eigenvalue weighted by atomic mass is 10.0. The molecule has 1 aliphatic heterocycles. The molecule has 1 N–H and O–H groups in total. The van der Waals surface area contributed by atoms with Gasteiger partial charge in [0.05, 0.1) is 0 Å². The van der Waals surface area contributed by atoms with Crippen LogP contribution in [0.15, 0.2) is 18.2 Å². The molecule has 136 valence electrons. The lowest BCUT2D eigenvalue weighted by molar-refractivity contribution is -0.132. The lowest BCUT2D eigenvalue weighted by Crippen LogP contribution is -2.27. The zero-order valence-electron chi connectivity index (χ0n) is 15.5. The molecule has 2 aliphatic rings. The first-order chi connectivity index (χ1) is 12.5. The predicted molar refractivity (Wildman–Crippen MR) is 99.4 cm³/mol. The van der Waals surface area contributed by atoms with Gasteiger partial charge in [0.1, 0.15) is 11.6 Å². The van der Waals surface area contributed by atoms with Crippen LogP contribution in [0.4, 0.5) is 10.2 Å². The summed E-state index contributed by atoms with van der Waals surface area (Å²) in [5.41, 5.74) is 6.80. The zero-order chi connectivity index (χ0) is 18.4. The number of carbonyl (C=O) groups is 1. The SMILES string of the molecule is CNc1nc(C)c(C)c2c1CN(C(=O)CC1Cc3ccc(F)cc3C1)C2. The highest BCUT2D eigenvalue weighted by Crippen LogP contribution is 2.34. The summed E-state index contributed by atoms with van der Waals surface area (Å²) < 4.78 is 13.4. The number of rotatable bonds is 3. The second-order valence-electron chi connectivity index (χ2n) is 7.52. The Balaban J connectivity index is 1.47. The third kappa shape index (κ3) is 2.85. The van der Waals surface area contributed by atoms with E-state index in [0.717, 1.165) is 35.5 Å². The summed E-state index contributed by atoms with van der Waals surface area (Å²) in [6.07, 6.45) is 2.18. The van der Waals surface area contributed by atoms with E-state index in [1.54, 1.807) is 6.07 Å². The molecular weight excluding hydrogens is 329 g/mol. The molecule has 0 saturated carbocycles. The van der Waals surface area contributed by atoms with Crippen molar-refractivity contribution in [3.8, 4) is 0 Å². The van der Waals surface area contributed by atoms with Crippen LogP contribution in [0, 0.1) is 25.6 Å². The molecule has 26 heavy (non-hydrogen) atoms. The summed E-state index contributed by atoms with van der Waals surface area (Å²) in [6.45, 7) is 5.37. The van der Waals surface area contributed by atoms with Gasteiger partial charge in [-0.3, -0.25) is 4.79 Å². The monoisotopic (exact) mass is 353 g/mol. The molecule has 2 aromatic rings. The zero-order valence-corrected chi connectivity index (χ0v) is 15.5. The molecule has 1 amide bonds. The third-order valence-electron chi connectivity index (χ3n) is 5.86. The Morgan fingerprint density at radius 2 is 1.96 bits per heavy atom. The molecule has 0 radical (unpaired) electrons. The first-order valence-corrected chi connectivity index (χ1v) is 9.18. The van der Waals surface area contributed by atoms with Crippen LogP contribution in [0.5, 0.6) is 0 Å². The molecule has 2 heterocycles. The standard InChI is InChI=1S/C21H24FN3O/c1-12-13(2)24-21(23-3)19-11-25(10-18(12)19)20(26)8-14-6-15-4-5-17(22)9-16(15)7-14/h4-5,9,14H,6-8,10-11H2,1-3H3,(H,23,24). The maximum absolute atomic E-state index is 13.4. The molecule has 0 fully saturated rings. The van der Waals surface area contributed by atoms with Crippen molar-refractivity contribution in [3.63, 3.8) is 0 Å². The molecule has 0 spiro atoms. The highest BCUT2D eigenvalue weighted by molar-refractivity contribution is 5.78. The maximum atomic E-state index is 13.4. The maximum Gasteiger partial charge on any atom is 0.223 e. The number of pyridine rings is 1. The fourth-order valence-corrected chi connectivity index (χ4v) is 4.31. The first kappa shape index (κ1) is 17.0. The molecule has 4 nitrogen and oxygen atoms in total. The number of amides is 1. The van der Waals surface area contributed by atoms with Crippen molar-refractivity contribution in [2.45, 2.75) is 46.2 Å². The second-order valence-corrected chi connectivity index (χ2v) is 7.52. The number of aryl methyl sites for hydroxylation is 1.